The molecule has 0 amide bonds. The van der Waals surface area contributed by atoms with Gasteiger partial charge in [0.1, 0.15) is 0 Å². The minimum atomic E-state index is -1.93. The molecule has 0 aliphatic heterocycles. The summed E-state index contributed by atoms with van der Waals surface area (Å²) in [5.41, 5.74) is 8.24. The summed E-state index contributed by atoms with van der Waals surface area (Å²) < 4.78 is 0. The molecule has 0 aromatic carbocycles. The number of hydrogen-bond acceptors (Lipinski definition) is 0. The van der Waals surface area contributed by atoms with Crippen LogP contribution in [0.4, 0.5) is 0 Å². The van der Waals surface area contributed by atoms with Gasteiger partial charge in [-0.15, -0.1) is 0 Å². The second-order valence-electron chi connectivity index (χ2n) is 18.9. The summed E-state index contributed by atoms with van der Waals surface area (Å²) >= 11 is 0. The van der Waals surface area contributed by atoms with Gasteiger partial charge in [-0.2, -0.15) is 0 Å². The highest BCUT2D eigenvalue weighted by Gasteiger charge is 2.63. The third-order valence-corrected chi connectivity index (χ3v) is 19.0. The highest BCUT2D eigenvalue weighted by atomic mass is 28.3. The van der Waals surface area contributed by atoms with Crippen molar-refractivity contribution in [1.29, 1.82) is 0 Å². The minimum Gasteiger partial charge on any atom is -0.0800 e. The van der Waals surface area contributed by atoms with E-state index >= 15 is 0 Å². The van der Waals surface area contributed by atoms with Crippen LogP contribution in [0.1, 0.15) is 82.6 Å². The quantitative estimate of drug-likeness (QED) is 0.279. The summed E-state index contributed by atoms with van der Waals surface area (Å²) in [5.74, 6) is 5.10. The van der Waals surface area contributed by atoms with Gasteiger partial charge in [0.05, 0.1) is 8.07 Å². The van der Waals surface area contributed by atoms with Gasteiger partial charge in [0.15, 0.2) is 0 Å². The van der Waals surface area contributed by atoms with Crippen LogP contribution in [-0.2, 0) is 0 Å². The van der Waals surface area contributed by atoms with E-state index < -0.39 is 8.07 Å². The Bertz CT molecular complexity index is 1350. The van der Waals surface area contributed by atoms with Gasteiger partial charge >= 0.3 is 0 Å². The van der Waals surface area contributed by atoms with Gasteiger partial charge in [0, 0.05) is 0 Å². The first-order valence-electron chi connectivity index (χ1n) is 18.0. The molecule has 0 N–H and O–H groups in total. The Hall–Kier alpha value is -1.86. The maximum atomic E-state index is 2.92. The van der Waals surface area contributed by atoms with Gasteiger partial charge in [-0.05, 0) is 98.3 Å². The molecule has 0 nitrogen and oxygen atoms in total. The van der Waals surface area contributed by atoms with Crippen molar-refractivity contribution in [3.63, 3.8) is 0 Å². The first-order valence-corrected chi connectivity index (χ1v) is 20.9. The molecule has 0 spiro atoms. The van der Waals surface area contributed by atoms with Crippen molar-refractivity contribution < 1.29 is 0 Å². The molecule has 0 bridgehead atoms. The van der Waals surface area contributed by atoms with Crippen LogP contribution in [0.15, 0.2) is 95.2 Å². The van der Waals surface area contributed by atoms with Crippen LogP contribution in [0.2, 0.25) is 23.7 Å². The summed E-state index contributed by atoms with van der Waals surface area (Å²) in [7, 11) is -1.93. The van der Waals surface area contributed by atoms with Gasteiger partial charge in [0.25, 0.3) is 0 Å². The van der Waals surface area contributed by atoms with E-state index in [2.05, 4.69) is 156 Å². The first kappa shape index (κ1) is 32.1. The monoisotopic (exact) mass is 606 g/mol. The standard InChI is InChI=1S/C43H62Si/c1-13-22-44(12,39-35-23-27(2)14-18-31(35)32-19-15-28(24-36(32)39)41(3,4)5)40-37-25-29(42(6,7)8)16-20-33(37)34-21-17-30(26-38(34)40)43(9,10)11/h14-21,23-26,31-40H,13,22H2,1-12H3. The molecule has 0 saturated heterocycles. The summed E-state index contributed by atoms with van der Waals surface area (Å²) in [5, 5.41) is 0. The maximum Gasteiger partial charge on any atom is 0.0591 e. The lowest BCUT2D eigenvalue weighted by atomic mass is 9.74. The van der Waals surface area contributed by atoms with Crippen molar-refractivity contribution in [1.82, 2.24) is 0 Å². The average Bonchev–Trinajstić information content (AvgIpc) is 3.43. The van der Waals surface area contributed by atoms with Crippen molar-refractivity contribution in [2.75, 3.05) is 0 Å². The van der Waals surface area contributed by atoms with Gasteiger partial charge in [-0.25, -0.2) is 0 Å². The zero-order valence-electron chi connectivity index (χ0n) is 30.1. The largest absolute Gasteiger partial charge is 0.0800 e. The Kier molecular flexibility index (Phi) is 7.92. The number of fused-ring (bicyclic) bond motifs is 6. The van der Waals surface area contributed by atoms with Crippen LogP contribution in [-0.4, -0.2) is 8.07 Å². The van der Waals surface area contributed by atoms with Crippen LogP contribution in [0.5, 0.6) is 0 Å². The molecule has 10 unspecified atom stereocenters. The molecule has 0 aromatic rings. The van der Waals surface area contributed by atoms with E-state index in [9.17, 15) is 0 Å². The second-order valence-corrected chi connectivity index (χ2v) is 23.7. The third kappa shape index (κ3) is 5.26. The van der Waals surface area contributed by atoms with Crippen LogP contribution >= 0.6 is 0 Å². The lowest BCUT2D eigenvalue weighted by Crippen LogP contribution is -2.49. The number of rotatable bonds is 4. The molecule has 0 radical (unpaired) electrons. The summed E-state index contributed by atoms with van der Waals surface area (Å²) in [6, 6.07) is 1.44. The number of allylic oxidation sites excluding steroid dienone is 16. The van der Waals surface area contributed by atoms with E-state index in [1.165, 1.54) is 18.0 Å². The highest BCUT2D eigenvalue weighted by Crippen LogP contribution is 2.68. The van der Waals surface area contributed by atoms with Crippen molar-refractivity contribution in [2.45, 2.75) is 106 Å². The van der Waals surface area contributed by atoms with Crippen molar-refractivity contribution in [2.24, 2.45) is 63.6 Å². The SMILES string of the molecule is CCC[Si](C)(C1C2C=C(C)C=CC2C2C=CC(C(C)(C)C)=CC21)C1C2C=C(C(C)(C)C)C=CC2C2C=CC(C(C)(C)C)=CC21. The molecule has 238 valence electrons. The van der Waals surface area contributed by atoms with Crippen molar-refractivity contribution in [3.05, 3.63) is 95.2 Å². The highest BCUT2D eigenvalue weighted by molar-refractivity contribution is 6.82. The van der Waals surface area contributed by atoms with Crippen LogP contribution in [0.3, 0.4) is 0 Å². The molecule has 0 heterocycles. The van der Waals surface area contributed by atoms with E-state index in [0.29, 0.717) is 47.3 Å². The average molecular weight is 607 g/mol. The predicted octanol–water partition coefficient (Wildman–Crippen LogP) is 12.3. The molecule has 2 saturated carbocycles. The Labute approximate surface area is 272 Å². The van der Waals surface area contributed by atoms with Crippen molar-refractivity contribution in [3.8, 4) is 0 Å². The summed E-state index contributed by atoms with van der Waals surface area (Å²) in [4.78, 5) is 0. The van der Waals surface area contributed by atoms with E-state index in [1.807, 2.05) is 0 Å². The third-order valence-electron chi connectivity index (χ3n) is 12.9. The fourth-order valence-corrected chi connectivity index (χ4v) is 17.8. The molecule has 6 rings (SSSR count). The lowest BCUT2D eigenvalue weighted by molar-refractivity contribution is 0.433. The molecular weight excluding hydrogens is 545 g/mol. The van der Waals surface area contributed by atoms with Gasteiger partial charge in [-0.3, -0.25) is 0 Å². The fraction of sp³-hybridized carbons (Fsp3) is 0.628. The number of hydrogen-bond donors (Lipinski definition) is 0. The molecule has 2 fully saturated rings. The Morgan fingerprint density at radius 2 is 0.818 bits per heavy atom. The Morgan fingerprint density at radius 1 is 0.500 bits per heavy atom. The molecule has 1 heteroatoms. The van der Waals surface area contributed by atoms with E-state index in [-0.39, 0.29) is 16.2 Å². The topological polar surface area (TPSA) is 0 Å². The Balaban J connectivity index is 1.56. The van der Waals surface area contributed by atoms with E-state index in [1.54, 1.807) is 16.7 Å². The van der Waals surface area contributed by atoms with E-state index in [4.69, 9.17) is 0 Å². The lowest BCUT2D eigenvalue weighted by Gasteiger charge is -2.49. The Morgan fingerprint density at radius 3 is 1.14 bits per heavy atom. The molecule has 6 aliphatic rings. The summed E-state index contributed by atoms with van der Waals surface area (Å²) in [6.07, 6.45) is 33.1. The molecule has 44 heavy (non-hydrogen) atoms. The smallest absolute Gasteiger partial charge is 0.0591 e. The zero-order valence-corrected chi connectivity index (χ0v) is 31.1. The fourth-order valence-electron chi connectivity index (χ4n) is 10.8. The molecule has 10 atom stereocenters. The molecule has 6 aliphatic carbocycles. The van der Waals surface area contributed by atoms with Gasteiger partial charge in [-0.1, -0.05) is 167 Å². The molecular formula is C43H62Si. The van der Waals surface area contributed by atoms with Crippen molar-refractivity contribution >= 4 is 8.07 Å². The van der Waals surface area contributed by atoms with E-state index in [0.717, 1.165) is 11.1 Å². The maximum absolute atomic E-state index is 2.92. The minimum absolute atomic E-state index is 0.181. The predicted molar refractivity (Wildman–Crippen MR) is 195 cm³/mol. The van der Waals surface area contributed by atoms with Crippen LogP contribution in [0, 0.1) is 63.6 Å². The van der Waals surface area contributed by atoms with Gasteiger partial charge in [0.2, 0.25) is 0 Å². The normalized spacial score (nSPS) is 39.0. The van der Waals surface area contributed by atoms with Crippen LogP contribution < -0.4 is 0 Å². The van der Waals surface area contributed by atoms with Crippen LogP contribution in [0.25, 0.3) is 0 Å². The second kappa shape index (κ2) is 10.9. The first-order chi connectivity index (χ1) is 20.4. The van der Waals surface area contributed by atoms with Gasteiger partial charge < -0.3 is 0 Å². The zero-order chi connectivity index (χ0) is 32.0. The summed E-state index contributed by atoms with van der Waals surface area (Å²) in [6.45, 7) is 29.5. The molecule has 0 aromatic heterocycles.